The Balaban J connectivity index is 2.13. The van der Waals surface area contributed by atoms with E-state index in [2.05, 4.69) is 20.8 Å². The molecule has 0 saturated carbocycles. The number of ether oxygens (including phenoxy) is 2. The van der Waals surface area contributed by atoms with Crippen LogP contribution in [0.1, 0.15) is 20.8 Å². The van der Waals surface area contributed by atoms with E-state index in [1.807, 2.05) is 0 Å². The van der Waals surface area contributed by atoms with Gasteiger partial charge < -0.3 is 15.2 Å². The van der Waals surface area contributed by atoms with Crippen molar-refractivity contribution in [3.63, 3.8) is 0 Å². The van der Waals surface area contributed by atoms with Crippen LogP contribution < -0.4 is 5.73 Å². The predicted molar refractivity (Wildman–Crippen MR) is 48.0 cm³/mol. The zero-order valence-electron chi connectivity index (χ0n) is 8.17. The van der Waals surface area contributed by atoms with Crippen molar-refractivity contribution in [2.24, 2.45) is 11.1 Å². The average Bonchev–Trinajstić information content (AvgIpc) is 1.81. The lowest BCUT2D eigenvalue weighted by Gasteiger charge is -2.31. The zero-order valence-corrected chi connectivity index (χ0v) is 8.17. The van der Waals surface area contributed by atoms with E-state index in [-0.39, 0.29) is 11.5 Å². The Morgan fingerprint density at radius 3 is 2.42 bits per heavy atom. The van der Waals surface area contributed by atoms with Crippen molar-refractivity contribution < 1.29 is 9.47 Å². The smallest absolute Gasteiger partial charge is 0.104 e. The van der Waals surface area contributed by atoms with E-state index in [1.54, 1.807) is 0 Å². The molecule has 72 valence electrons. The fourth-order valence-electron chi connectivity index (χ4n) is 0.800. The molecule has 0 aromatic carbocycles. The normalized spacial score (nSPS) is 22.0. The van der Waals surface area contributed by atoms with Crippen molar-refractivity contribution in [2.75, 3.05) is 19.8 Å². The van der Waals surface area contributed by atoms with E-state index >= 15 is 0 Å². The Morgan fingerprint density at radius 1 is 1.50 bits per heavy atom. The summed E-state index contributed by atoms with van der Waals surface area (Å²) in [6, 6.07) is 0.109. The lowest BCUT2D eigenvalue weighted by atomic mass is 9.88. The van der Waals surface area contributed by atoms with Crippen molar-refractivity contribution in [1.29, 1.82) is 0 Å². The molecule has 1 heterocycles. The average molecular weight is 173 g/mol. The first-order chi connectivity index (χ1) is 5.50. The largest absolute Gasteiger partial charge is 0.376 e. The Hall–Kier alpha value is -0.120. The highest BCUT2D eigenvalue weighted by atomic mass is 16.6. The molecular weight excluding hydrogens is 154 g/mol. The molecule has 0 amide bonds. The number of nitrogens with two attached hydrogens (primary N) is 1. The van der Waals surface area contributed by atoms with Gasteiger partial charge in [0.2, 0.25) is 0 Å². The summed E-state index contributed by atoms with van der Waals surface area (Å²) in [7, 11) is 0. The van der Waals surface area contributed by atoms with Crippen molar-refractivity contribution in [3.8, 4) is 0 Å². The first-order valence-electron chi connectivity index (χ1n) is 4.45. The second kappa shape index (κ2) is 3.73. The zero-order chi connectivity index (χ0) is 9.19. The van der Waals surface area contributed by atoms with Gasteiger partial charge in [0.1, 0.15) is 6.10 Å². The quantitative estimate of drug-likeness (QED) is 0.685. The van der Waals surface area contributed by atoms with Gasteiger partial charge in [-0.1, -0.05) is 20.8 Å². The standard InChI is InChI=1S/C9H19NO2/c1-9(2,3)8(10)6-12-7-4-11-5-7/h7-8H,4-6,10H2,1-3H3. The Kier molecular flexibility index (Phi) is 3.09. The fraction of sp³-hybridized carbons (Fsp3) is 1.00. The van der Waals surface area contributed by atoms with E-state index in [0.29, 0.717) is 12.7 Å². The maximum absolute atomic E-state index is 5.91. The van der Waals surface area contributed by atoms with Crippen LogP contribution in [0.4, 0.5) is 0 Å². The maximum atomic E-state index is 5.91. The minimum Gasteiger partial charge on any atom is -0.376 e. The molecule has 0 aromatic heterocycles. The summed E-state index contributed by atoms with van der Waals surface area (Å²) in [5.41, 5.74) is 6.04. The van der Waals surface area contributed by atoms with Crippen LogP contribution >= 0.6 is 0 Å². The first-order valence-corrected chi connectivity index (χ1v) is 4.45. The lowest BCUT2D eigenvalue weighted by Crippen LogP contribution is -2.44. The molecule has 1 aliphatic heterocycles. The molecule has 1 saturated heterocycles. The van der Waals surface area contributed by atoms with Gasteiger partial charge in [0.05, 0.1) is 19.8 Å². The molecule has 2 N–H and O–H groups in total. The van der Waals surface area contributed by atoms with Crippen molar-refractivity contribution in [2.45, 2.75) is 32.9 Å². The third-order valence-electron chi connectivity index (χ3n) is 2.23. The molecule has 3 heteroatoms. The van der Waals surface area contributed by atoms with Gasteiger partial charge in [-0.3, -0.25) is 0 Å². The lowest BCUT2D eigenvalue weighted by molar-refractivity contribution is -0.135. The van der Waals surface area contributed by atoms with Crippen LogP contribution in [-0.2, 0) is 9.47 Å². The third-order valence-corrected chi connectivity index (χ3v) is 2.23. The Bertz CT molecular complexity index is 138. The van der Waals surface area contributed by atoms with Crippen molar-refractivity contribution in [3.05, 3.63) is 0 Å². The summed E-state index contributed by atoms with van der Waals surface area (Å²) in [6.45, 7) is 8.47. The van der Waals surface area contributed by atoms with Gasteiger partial charge in [0.25, 0.3) is 0 Å². The van der Waals surface area contributed by atoms with Gasteiger partial charge in [-0.2, -0.15) is 0 Å². The monoisotopic (exact) mass is 173 g/mol. The van der Waals surface area contributed by atoms with Gasteiger partial charge in [-0.15, -0.1) is 0 Å². The number of hydrogen-bond acceptors (Lipinski definition) is 3. The second-order valence-corrected chi connectivity index (χ2v) is 4.47. The molecule has 1 atom stereocenters. The Morgan fingerprint density at radius 2 is 2.08 bits per heavy atom. The van der Waals surface area contributed by atoms with Crippen LogP contribution in [0.2, 0.25) is 0 Å². The molecule has 1 unspecified atom stereocenters. The van der Waals surface area contributed by atoms with Crippen molar-refractivity contribution in [1.82, 2.24) is 0 Å². The minimum atomic E-state index is 0.109. The summed E-state index contributed by atoms with van der Waals surface area (Å²) in [5, 5.41) is 0. The van der Waals surface area contributed by atoms with Crippen LogP contribution in [0, 0.1) is 5.41 Å². The van der Waals surface area contributed by atoms with E-state index in [4.69, 9.17) is 15.2 Å². The SMILES string of the molecule is CC(C)(C)C(N)COC1COC1. The summed E-state index contributed by atoms with van der Waals surface area (Å²) < 4.78 is 10.5. The highest BCUT2D eigenvalue weighted by Gasteiger charge is 2.24. The number of hydrogen-bond donors (Lipinski definition) is 1. The molecule has 1 rings (SSSR count). The van der Waals surface area contributed by atoms with Gasteiger partial charge in [-0.25, -0.2) is 0 Å². The summed E-state index contributed by atoms with van der Waals surface area (Å²) in [6.07, 6.45) is 0.290. The summed E-state index contributed by atoms with van der Waals surface area (Å²) >= 11 is 0. The van der Waals surface area contributed by atoms with Crippen LogP contribution in [0.15, 0.2) is 0 Å². The van der Waals surface area contributed by atoms with Gasteiger partial charge >= 0.3 is 0 Å². The predicted octanol–water partition coefficient (Wildman–Crippen LogP) is 0.775. The molecule has 0 aliphatic carbocycles. The van der Waals surface area contributed by atoms with Crippen LogP contribution in [0.25, 0.3) is 0 Å². The third kappa shape index (κ3) is 2.73. The molecule has 1 aliphatic rings. The van der Waals surface area contributed by atoms with Crippen LogP contribution in [0.5, 0.6) is 0 Å². The van der Waals surface area contributed by atoms with E-state index < -0.39 is 0 Å². The van der Waals surface area contributed by atoms with Gasteiger partial charge in [-0.05, 0) is 5.41 Å². The molecule has 12 heavy (non-hydrogen) atoms. The van der Waals surface area contributed by atoms with Gasteiger partial charge in [0.15, 0.2) is 0 Å². The molecule has 3 nitrogen and oxygen atoms in total. The number of rotatable bonds is 3. The van der Waals surface area contributed by atoms with Crippen molar-refractivity contribution >= 4 is 0 Å². The van der Waals surface area contributed by atoms with Gasteiger partial charge in [0, 0.05) is 6.04 Å². The topological polar surface area (TPSA) is 44.5 Å². The molecule has 0 bridgehead atoms. The summed E-state index contributed by atoms with van der Waals surface area (Å²) in [4.78, 5) is 0. The van der Waals surface area contributed by atoms with Crippen LogP contribution in [-0.4, -0.2) is 32.0 Å². The molecular formula is C9H19NO2. The Labute approximate surface area is 74.2 Å². The summed E-state index contributed by atoms with van der Waals surface area (Å²) in [5.74, 6) is 0. The molecule has 0 radical (unpaired) electrons. The maximum Gasteiger partial charge on any atom is 0.104 e. The van der Waals surface area contributed by atoms with E-state index in [1.165, 1.54) is 0 Å². The molecule has 0 aromatic rings. The molecule has 0 spiro atoms. The van der Waals surface area contributed by atoms with E-state index in [9.17, 15) is 0 Å². The second-order valence-electron chi connectivity index (χ2n) is 4.47. The highest BCUT2D eigenvalue weighted by molar-refractivity contribution is 4.77. The first kappa shape index (κ1) is 9.96. The highest BCUT2D eigenvalue weighted by Crippen LogP contribution is 2.18. The fourth-order valence-corrected chi connectivity index (χ4v) is 0.800. The van der Waals surface area contributed by atoms with E-state index in [0.717, 1.165) is 13.2 Å². The molecule has 1 fully saturated rings. The van der Waals surface area contributed by atoms with Crippen LogP contribution in [0.3, 0.4) is 0 Å². The minimum absolute atomic E-state index is 0.109.